The molecule has 3 nitrogen and oxygen atoms in total. The topological polar surface area (TPSA) is 46.5 Å². The van der Waals surface area contributed by atoms with Crippen LogP contribution in [0.3, 0.4) is 0 Å². The first-order valence-electron chi connectivity index (χ1n) is 5.13. The van der Waals surface area contributed by atoms with Gasteiger partial charge in [-0.25, -0.2) is 4.79 Å². The van der Waals surface area contributed by atoms with E-state index in [1.54, 1.807) is 19.1 Å². The van der Waals surface area contributed by atoms with E-state index < -0.39 is 5.97 Å². The summed E-state index contributed by atoms with van der Waals surface area (Å²) >= 11 is 0. The van der Waals surface area contributed by atoms with Gasteiger partial charge in [0.15, 0.2) is 0 Å². The standard InChI is InChI=1S/C12H14O3/c1-8-2-5-10(6-11(8)12(13)14)15-7-9-3-4-9/h2,5-6,9H,3-4,7H2,1H3,(H,13,14). The number of ether oxygens (including phenoxy) is 1. The van der Waals surface area contributed by atoms with Gasteiger partial charge >= 0.3 is 5.97 Å². The number of carboxylic acid groups (broad SMARTS) is 1. The third-order valence-electron chi connectivity index (χ3n) is 2.62. The first-order valence-corrected chi connectivity index (χ1v) is 5.13. The smallest absolute Gasteiger partial charge is 0.336 e. The minimum absolute atomic E-state index is 0.322. The monoisotopic (exact) mass is 206 g/mol. The highest BCUT2D eigenvalue weighted by atomic mass is 16.5. The lowest BCUT2D eigenvalue weighted by Gasteiger charge is -2.07. The van der Waals surface area contributed by atoms with E-state index in [0.717, 1.165) is 5.56 Å². The second-order valence-electron chi connectivity index (χ2n) is 4.04. The minimum atomic E-state index is -0.899. The summed E-state index contributed by atoms with van der Waals surface area (Å²) in [7, 11) is 0. The van der Waals surface area contributed by atoms with E-state index in [-0.39, 0.29) is 0 Å². The van der Waals surface area contributed by atoms with Crippen LogP contribution in [-0.4, -0.2) is 17.7 Å². The van der Waals surface area contributed by atoms with Crippen LogP contribution < -0.4 is 4.74 Å². The molecular formula is C12H14O3. The van der Waals surface area contributed by atoms with E-state index >= 15 is 0 Å². The van der Waals surface area contributed by atoms with Crippen molar-refractivity contribution >= 4 is 5.97 Å². The Morgan fingerprint density at radius 1 is 1.53 bits per heavy atom. The average Bonchev–Trinajstić information content (AvgIpc) is 3.00. The van der Waals surface area contributed by atoms with Gasteiger partial charge < -0.3 is 9.84 Å². The van der Waals surface area contributed by atoms with E-state index in [2.05, 4.69) is 0 Å². The molecule has 1 aliphatic carbocycles. The largest absolute Gasteiger partial charge is 0.493 e. The lowest BCUT2D eigenvalue weighted by molar-refractivity contribution is 0.0695. The fourth-order valence-electron chi connectivity index (χ4n) is 1.42. The molecule has 0 unspecified atom stereocenters. The number of aryl methyl sites for hydroxylation is 1. The SMILES string of the molecule is Cc1ccc(OCC2CC2)cc1C(=O)O. The molecule has 1 fully saturated rings. The maximum absolute atomic E-state index is 10.9. The first-order chi connectivity index (χ1) is 7.16. The minimum Gasteiger partial charge on any atom is -0.493 e. The molecule has 2 rings (SSSR count). The normalized spacial score (nSPS) is 15.0. The molecule has 0 aromatic heterocycles. The number of hydrogen-bond donors (Lipinski definition) is 1. The van der Waals surface area contributed by atoms with Crippen molar-refractivity contribution < 1.29 is 14.6 Å². The second kappa shape index (κ2) is 3.93. The quantitative estimate of drug-likeness (QED) is 0.823. The van der Waals surface area contributed by atoms with Gasteiger partial charge in [0.2, 0.25) is 0 Å². The maximum Gasteiger partial charge on any atom is 0.336 e. The van der Waals surface area contributed by atoms with Crippen molar-refractivity contribution in [1.82, 2.24) is 0 Å². The van der Waals surface area contributed by atoms with Crippen LogP contribution in [0.25, 0.3) is 0 Å². The fraction of sp³-hybridized carbons (Fsp3) is 0.417. The van der Waals surface area contributed by atoms with Crippen LogP contribution in [0.15, 0.2) is 18.2 Å². The lowest BCUT2D eigenvalue weighted by atomic mass is 10.1. The molecule has 0 radical (unpaired) electrons. The number of rotatable bonds is 4. The molecule has 0 aliphatic heterocycles. The molecule has 0 saturated heterocycles. The van der Waals surface area contributed by atoms with Crippen molar-refractivity contribution in [3.05, 3.63) is 29.3 Å². The predicted octanol–water partition coefficient (Wildman–Crippen LogP) is 2.48. The molecule has 0 atom stereocenters. The van der Waals surface area contributed by atoms with E-state index in [1.165, 1.54) is 12.8 Å². The van der Waals surface area contributed by atoms with Crippen LogP contribution in [0.2, 0.25) is 0 Å². The van der Waals surface area contributed by atoms with Gasteiger partial charge in [-0.3, -0.25) is 0 Å². The zero-order valence-corrected chi connectivity index (χ0v) is 8.69. The summed E-state index contributed by atoms with van der Waals surface area (Å²) in [6, 6.07) is 5.20. The number of benzene rings is 1. The van der Waals surface area contributed by atoms with Crippen molar-refractivity contribution in [2.24, 2.45) is 5.92 Å². The highest BCUT2D eigenvalue weighted by molar-refractivity contribution is 5.89. The summed E-state index contributed by atoms with van der Waals surface area (Å²) in [6.07, 6.45) is 2.47. The van der Waals surface area contributed by atoms with Crippen LogP contribution in [0.5, 0.6) is 5.75 Å². The molecule has 0 amide bonds. The Kier molecular flexibility index (Phi) is 2.62. The van der Waals surface area contributed by atoms with Crippen molar-refractivity contribution in [3.8, 4) is 5.75 Å². The fourth-order valence-corrected chi connectivity index (χ4v) is 1.42. The van der Waals surface area contributed by atoms with Crippen molar-refractivity contribution in [1.29, 1.82) is 0 Å². The average molecular weight is 206 g/mol. The van der Waals surface area contributed by atoms with Gasteiger partial charge in [0.05, 0.1) is 12.2 Å². The second-order valence-corrected chi connectivity index (χ2v) is 4.04. The van der Waals surface area contributed by atoms with E-state index in [0.29, 0.717) is 23.8 Å². The van der Waals surface area contributed by atoms with Gasteiger partial charge in [0, 0.05) is 0 Å². The summed E-state index contributed by atoms with van der Waals surface area (Å²) in [5, 5.41) is 8.92. The Morgan fingerprint density at radius 2 is 2.27 bits per heavy atom. The zero-order valence-electron chi connectivity index (χ0n) is 8.69. The molecule has 1 N–H and O–H groups in total. The van der Waals surface area contributed by atoms with Gasteiger partial charge in [-0.05, 0) is 43.4 Å². The molecule has 80 valence electrons. The Morgan fingerprint density at radius 3 is 2.87 bits per heavy atom. The van der Waals surface area contributed by atoms with Crippen LogP contribution in [0.1, 0.15) is 28.8 Å². The number of hydrogen-bond acceptors (Lipinski definition) is 2. The highest BCUT2D eigenvalue weighted by Gasteiger charge is 2.22. The molecule has 1 aromatic rings. The van der Waals surface area contributed by atoms with E-state index in [1.807, 2.05) is 6.07 Å². The van der Waals surface area contributed by atoms with Crippen LogP contribution in [0, 0.1) is 12.8 Å². The van der Waals surface area contributed by atoms with Gasteiger partial charge in [0.1, 0.15) is 5.75 Å². The van der Waals surface area contributed by atoms with Gasteiger partial charge in [-0.2, -0.15) is 0 Å². The highest BCUT2D eigenvalue weighted by Crippen LogP contribution is 2.29. The number of carbonyl (C=O) groups is 1. The molecule has 15 heavy (non-hydrogen) atoms. The lowest BCUT2D eigenvalue weighted by Crippen LogP contribution is -2.03. The Balaban J connectivity index is 2.10. The van der Waals surface area contributed by atoms with Crippen molar-refractivity contribution in [2.75, 3.05) is 6.61 Å². The molecule has 0 heterocycles. The summed E-state index contributed by atoms with van der Waals surface area (Å²) in [6.45, 7) is 2.50. The van der Waals surface area contributed by atoms with Crippen LogP contribution in [-0.2, 0) is 0 Å². The third-order valence-corrected chi connectivity index (χ3v) is 2.62. The molecule has 3 heteroatoms. The summed E-state index contributed by atoms with van der Waals surface area (Å²) in [4.78, 5) is 10.9. The Labute approximate surface area is 88.7 Å². The summed E-state index contributed by atoms with van der Waals surface area (Å²) in [5.41, 5.74) is 1.09. The Hall–Kier alpha value is -1.51. The van der Waals surface area contributed by atoms with Crippen LogP contribution >= 0.6 is 0 Å². The zero-order chi connectivity index (χ0) is 10.8. The molecule has 0 bridgehead atoms. The van der Waals surface area contributed by atoms with Crippen molar-refractivity contribution in [3.63, 3.8) is 0 Å². The molecule has 1 aromatic carbocycles. The number of aromatic carboxylic acids is 1. The maximum atomic E-state index is 10.9. The molecular weight excluding hydrogens is 192 g/mol. The third kappa shape index (κ3) is 2.49. The van der Waals surface area contributed by atoms with E-state index in [4.69, 9.17) is 9.84 Å². The van der Waals surface area contributed by atoms with E-state index in [9.17, 15) is 4.79 Å². The molecule has 1 aliphatic rings. The summed E-state index contributed by atoms with van der Waals surface area (Å²) < 4.78 is 5.51. The first kappa shape index (κ1) is 10.0. The molecule has 1 saturated carbocycles. The van der Waals surface area contributed by atoms with Crippen LogP contribution in [0.4, 0.5) is 0 Å². The predicted molar refractivity (Wildman–Crippen MR) is 56.4 cm³/mol. The van der Waals surface area contributed by atoms with Gasteiger partial charge in [-0.1, -0.05) is 6.07 Å². The molecule has 0 spiro atoms. The number of carboxylic acids is 1. The van der Waals surface area contributed by atoms with Gasteiger partial charge in [0.25, 0.3) is 0 Å². The summed E-state index contributed by atoms with van der Waals surface area (Å²) in [5.74, 6) is 0.439. The van der Waals surface area contributed by atoms with Gasteiger partial charge in [-0.15, -0.1) is 0 Å². The Bertz CT molecular complexity index is 380. The van der Waals surface area contributed by atoms with Crippen molar-refractivity contribution in [2.45, 2.75) is 19.8 Å².